The number of hydrogen-bond acceptors (Lipinski definition) is 5. The van der Waals surface area contributed by atoms with Crippen LogP contribution in [0.1, 0.15) is 13.8 Å². The van der Waals surface area contributed by atoms with Gasteiger partial charge in [-0.1, -0.05) is 55.9 Å². The maximum atomic E-state index is 12.9. The number of carbonyl (C=O) groups is 1. The standard InChI is InChI=1S/C23H22N4O2S/c1-15(2)13-27-22(29)19-8-5-11-24-21(19)26-23(27)30-14-20(28)25-18-10-9-16-6-3-4-7-17(16)12-18/h3-12,15H,13-14H2,1-2H3,(H,25,28). The van der Waals surface area contributed by atoms with Crippen molar-refractivity contribution in [2.75, 3.05) is 11.1 Å². The van der Waals surface area contributed by atoms with Gasteiger partial charge in [0.1, 0.15) is 0 Å². The van der Waals surface area contributed by atoms with Gasteiger partial charge in [-0.15, -0.1) is 0 Å². The van der Waals surface area contributed by atoms with Gasteiger partial charge in [0.15, 0.2) is 10.8 Å². The highest BCUT2D eigenvalue weighted by Gasteiger charge is 2.15. The summed E-state index contributed by atoms with van der Waals surface area (Å²) in [6.45, 7) is 4.62. The summed E-state index contributed by atoms with van der Waals surface area (Å²) in [6, 6.07) is 17.3. The van der Waals surface area contributed by atoms with E-state index in [1.54, 1.807) is 22.9 Å². The Bertz CT molecular complexity index is 1280. The average Bonchev–Trinajstić information content (AvgIpc) is 2.74. The smallest absolute Gasteiger partial charge is 0.263 e. The number of fused-ring (bicyclic) bond motifs is 2. The van der Waals surface area contributed by atoms with Crippen LogP contribution >= 0.6 is 11.8 Å². The normalized spacial score (nSPS) is 11.3. The lowest BCUT2D eigenvalue weighted by Gasteiger charge is -2.14. The zero-order valence-corrected chi connectivity index (χ0v) is 17.6. The number of rotatable bonds is 6. The first kappa shape index (κ1) is 20.1. The molecular formula is C23H22N4O2S. The van der Waals surface area contributed by atoms with Gasteiger partial charge in [0, 0.05) is 18.4 Å². The second kappa shape index (κ2) is 8.67. The maximum Gasteiger partial charge on any atom is 0.263 e. The number of carbonyl (C=O) groups excluding carboxylic acids is 1. The summed E-state index contributed by atoms with van der Waals surface area (Å²) in [5, 5.41) is 6.11. The number of hydrogen-bond donors (Lipinski definition) is 1. The van der Waals surface area contributed by atoms with Crippen LogP contribution in [0.25, 0.3) is 21.8 Å². The molecular weight excluding hydrogens is 396 g/mol. The summed E-state index contributed by atoms with van der Waals surface area (Å²) in [5.74, 6) is 0.265. The van der Waals surface area contributed by atoms with Crippen molar-refractivity contribution in [1.29, 1.82) is 0 Å². The van der Waals surface area contributed by atoms with E-state index in [4.69, 9.17) is 0 Å². The first-order valence-corrected chi connectivity index (χ1v) is 10.8. The van der Waals surface area contributed by atoms with Crippen molar-refractivity contribution in [1.82, 2.24) is 14.5 Å². The zero-order chi connectivity index (χ0) is 21.1. The molecule has 0 aliphatic rings. The number of anilines is 1. The predicted molar refractivity (Wildman–Crippen MR) is 122 cm³/mol. The van der Waals surface area contributed by atoms with Crippen molar-refractivity contribution in [3.05, 3.63) is 71.1 Å². The van der Waals surface area contributed by atoms with E-state index in [1.165, 1.54) is 11.8 Å². The third-order valence-electron chi connectivity index (χ3n) is 4.61. The molecule has 2 aromatic carbocycles. The highest BCUT2D eigenvalue weighted by atomic mass is 32.2. The number of pyridine rings is 1. The molecule has 0 saturated heterocycles. The number of nitrogens with zero attached hydrogens (tertiary/aromatic N) is 3. The van der Waals surface area contributed by atoms with Crippen LogP contribution in [0.4, 0.5) is 5.69 Å². The fourth-order valence-corrected chi connectivity index (χ4v) is 4.06. The van der Waals surface area contributed by atoms with E-state index >= 15 is 0 Å². The molecule has 30 heavy (non-hydrogen) atoms. The molecule has 0 bridgehead atoms. The molecule has 4 rings (SSSR count). The molecule has 1 N–H and O–H groups in total. The van der Waals surface area contributed by atoms with Crippen LogP contribution < -0.4 is 10.9 Å². The quantitative estimate of drug-likeness (QED) is 0.372. The summed E-state index contributed by atoms with van der Waals surface area (Å²) in [6.07, 6.45) is 1.61. The number of nitrogens with one attached hydrogen (secondary N) is 1. The molecule has 0 saturated carbocycles. The van der Waals surface area contributed by atoms with E-state index in [0.29, 0.717) is 22.7 Å². The van der Waals surface area contributed by atoms with Crippen molar-refractivity contribution >= 4 is 45.2 Å². The molecule has 0 fully saturated rings. The van der Waals surface area contributed by atoms with E-state index in [1.807, 2.05) is 56.3 Å². The number of aromatic nitrogens is 3. The van der Waals surface area contributed by atoms with E-state index in [-0.39, 0.29) is 23.1 Å². The zero-order valence-electron chi connectivity index (χ0n) is 16.8. The first-order valence-electron chi connectivity index (χ1n) is 9.78. The van der Waals surface area contributed by atoms with Gasteiger partial charge >= 0.3 is 0 Å². The Morgan fingerprint density at radius 2 is 1.90 bits per heavy atom. The number of amides is 1. The Labute approximate surface area is 178 Å². The lowest BCUT2D eigenvalue weighted by atomic mass is 10.1. The fourth-order valence-electron chi connectivity index (χ4n) is 3.27. The largest absolute Gasteiger partial charge is 0.325 e. The molecule has 2 heterocycles. The summed E-state index contributed by atoms with van der Waals surface area (Å²) >= 11 is 1.25. The van der Waals surface area contributed by atoms with Crippen molar-refractivity contribution in [3.8, 4) is 0 Å². The van der Waals surface area contributed by atoms with Crippen molar-refractivity contribution < 1.29 is 4.79 Å². The lowest BCUT2D eigenvalue weighted by molar-refractivity contribution is -0.113. The molecule has 0 atom stereocenters. The Kier molecular flexibility index (Phi) is 5.81. The highest BCUT2D eigenvalue weighted by molar-refractivity contribution is 7.99. The monoisotopic (exact) mass is 418 g/mol. The molecule has 0 aliphatic carbocycles. The van der Waals surface area contributed by atoms with E-state index in [2.05, 4.69) is 15.3 Å². The minimum Gasteiger partial charge on any atom is -0.325 e. The second-order valence-corrected chi connectivity index (χ2v) is 8.42. The van der Waals surface area contributed by atoms with Crippen LogP contribution in [0.2, 0.25) is 0 Å². The van der Waals surface area contributed by atoms with E-state index in [0.717, 1.165) is 16.5 Å². The molecule has 7 heteroatoms. The molecule has 0 radical (unpaired) electrons. The topological polar surface area (TPSA) is 76.9 Å². The fraction of sp³-hybridized carbons (Fsp3) is 0.217. The Morgan fingerprint density at radius 1 is 1.10 bits per heavy atom. The minimum atomic E-state index is -0.151. The van der Waals surface area contributed by atoms with Gasteiger partial charge in [0.05, 0.1) is 11.1 Å². The Hall–Kier alpha value is -3.19. The molecule has 4 aromatic rings. The molecule has 6 nitrogen and oxygen atoms in total. The summed E-state index contributed by atoms with van der Waals surface area (Å²) in [5.41, 5.74) is 1.02. The van der Waals surface area contributed by atoms with Gasteiger partial charge in [-0.2, -0.15) is 0 Å². The molecule has 1 amide bonds. The van der Waals surface area contributed by atoms with Crippen LogP contribution in [0.15, 0.2) is 70.7 Å². The van der Waals surface area contributed by atoms with E-state index in [9.17, 15) is 9.59 Å². The predicted octanol–water partition coefficient (Wildman–Crippen LogP) is 4.33. The van der Waals surface area contributed by atoms with Gasteiger partial charge in [-0.25, -0.2) is 9.97 Å². The molecule has 0 unspecified atom stereocenters. The summed E-state index contributed by atoms with van der Waals surface area (Å²) < 4.78 is 1.64. The molecule has 0 spiro atoms. The summed E-state index contributed by atoms with van der Waals surface area (Å²) in [7, 11) is 0. The van der Waals surface area contributed by atoms with Crippen LogP contribution in [-0.2, 0) is 11.3 Å². The Morgan fingerprint density at radius 3 is 2.70 bits per heavy atom. The van der Waals surface area contributed by atoms with Crippen LogP contribution in [0.3, 0.4) is 0 Å². The van der Waals surface area contributed by atoms with Gasteiger partial charge in [-0.05, 0) is 41.0 Å². The SMILES string of the molecule is CC(C)Cn1c(SCC(=O)Nc2ccc3ccccc3c2)nc2ncccc2c1=O. The summed E-state index contributed by atoms with van der Waals surface area (Å²) in [4.78, 5) is 34.2. The number of thioether (sulfide) groups is 1. The third-order valence-corrected chi connectivity index (χ3v) is 5.58. The number of benzene rings is 2. The highest BCUT2D eigenvalue weighted by Crippen LogP contribution is 2.21. The van der Waals surface area contributed by atoms with Crippen LogP contribution in [0, 0.1) is 5.92 Å². The van der Waals surface area contributed by atoms with Gasteiger partial charge in [0.2, 0.25) is 5.91 Å². The first-order chi connectivity index (χ1) is 14.5. The minimum absolute atomic E-state index is 0.126. The van der Waals surface area contributed by atoms with Crippen molar-refractivity contribution in [2.24, 2.45) is 5.92 Å². The maximum absolute atomic E-state index is 12.9. The third kappa shape index (κ3) is 4.36. The molecule has 152 valence electrons. The average molecular weight is 419 g/mol. The lowest BCUT2D eigenvalue weighted by Crippen LogP contribution is -2.26. The Balaban J connectivity index is 1.54. The van der Waals surface area contributed by atoms with Crippen LogP contribution in [0.5, 0.6) is 0 Å². The van der Waals surface area contributed by atoms with Crippen molar-refractivity contribution in [2.45, 2.75) is 25.5 Å². The van der Waals surface area contributed by atoms with E-state index < -0.39 is 0 Å². The van der Waals surface area contributed by atoms with Gasteiger partial charge in [-0.3, -0.25) is 14.2 Å². The molecule has 0 aliphatic heterocycles. The molecule has 2 aromatic heterocycles. The van der Waals surface area contributed by atoms with Gasteiger partial charge < -0.3 is 5.32 Å². The van der Waals surface area contributed by atoms with Gasteiger partial charge in [0.25, 0.3) is 5.56 Å². The second-order valence-electron chi connectivity index (χ2n) is 7.48. The van der Waals surface area contributed by atoms with Crippen LogP contribution in [-0.4, -0.2) is 26.2 Å². The van der Waals surface area contributed by atoms with Crippen molar-refractivity contribution in [3.63, 3.8) is 0 Å².